The van der Waals surface area contributed by atoms with Crippen LogP contribution in [0, 0.1) is 13.8 Å². The second-order valence-electron chi connectivity index (χ2n) is 5.91. The molecule has 20 heavy (non-hydrogen) atoms. The normalized spacial score (nSPS) is 19.4. The molecule has 1 aromatic rings. The summed E-state index contributed by atoms with van der Waals surface area (Å²) in [6.07, 6.45) is 5.49. The summed E-state index contributed by atoms with van der Waals surface area (Å²) in [6, 6.07) is 6.73. The summed E-state index contributed by atoms with van der Waals surface area (Å²) in [5.74, 6) is 0.129. The molecule has 2 N–H and O–H groups in total. The molecule has 3 nitrogen and oxygen atoms in total. The lowest BCUT2D eigenvalue weighted by atomic mass is 10.0. The topological polar surface area (TPSA) is 41.1 Å². The summed E-state index contributed by atoms with van der Waals surface area (Å²) < 4.78 is 0. The Kier molecular flexibility index (Phi) is 5.60. The molecule has 1 aromatic carbocycles. The summed E-state index contributed by atoms with van der Waals surface area (Å²) in [6.45, 7) is 5.96. The highest BCUT2D eigenvalue weighted by Gasteiger charge is 2.13. The van der Waals surface area contributed by atoms with Gasteiger partial charge in [0, 0.05) is 12.6 Å². The van der Waals surface area contributed by atoms with Crippen LogP contribution in [0.15, 0.2) is 18.2 Å². The van der Waals surface area contributed by atoms with Crippen LogP contribution in [-0.4, -0.2) is 25.0 Å². The van der Waals surface area contributed by atoms with Crippen LogP contribution in [0.3, 0.4) is 0 Å². The van der Waals surface area contributed by atoms with E-state index in [4.69, 9.17) is 0 Å². The van der Waals surface area contributed by atoms with Gasteiger partial charge >= 0.3 is 0 Å². The summed E-state index contributed by atoms with van der Waals surface area (Å²) >= 11 is 0. The summed E-state index contributed by atoms with van der Waals surface area (Å²) in [4.78, 5) is 12.1. The quantitative estimate of drug-likeness (QED) is 0.885. The van der Waals surface area contributed by atoms with Crippen molar-refractivity contribution in [2.75, 3.05) is 13.1 Å². The third-order valence-corrected chi connectivity index (χ3v) is 4.06. The molecular formula is C17H26N2O. The Morgan fingerprint density at radius 3 is 3.00 bits per heavy atom. The van der Waals surface area contributed by atoms with Gasteiger partial charge in [-0.3, -0.25) is 4.79 Å². The molecule has 0 unspecified atom stereocenters. The van der Waals surface area contributed by atoms with E-state index in [-0.39, 0.29) is 5.91 Å². The molecular weight excluding hydrogens is 248 g/mol. The maximum absolute atomic E-state index is 12.1. The first kappa shape index (κ1) is 15.0. The molecule has 0 bridgehead atoms. The third-order valence-electron chi connectivity index (χ3n) is 4.06. The van der Waals surface area contributed by atoms with E-state index in [0.29, 0.717) is 12.5 Å². The molecule has 2 rings (SSSR count). The van der Waals surface area contributed by atoms with Crippen LogP contribution >= 0.6 is 0 Å². The van der Waals surface area contributed by atoms with Crippen molar-refractivity contribution >= 4 is 5.91 Å². The van der Waals surface area contributed by atoms with Crippen LogP contribution in [0.4, 0.5) is 0 Å². The van der Waals surface area contributed by atoms with E-state index >= 15 is 0 Å². The smallest absolute Gasteiger partial charge is 0.224 e. The van der Waals surface area contributed by atoms with E-state index in [1.54, 1.807) is 0 Å². The molecule has 0 spiro atoms. The Morgan fingerprint density at radius 1 is 1.30 bits per heavy atom. The highest BCUT2D eigenvalue weighted by atomic mass is 16.1. The number of carbonyl (C=O) groups excluding carboxylic acids is 1. The van der Waals surface area contributed by atoms with Crippen LogP contribution in [0.25, 0.3) is 0 Å². The number of hydrogen-bond acceptors (Lipinski definition) is 2. The van der Waals surface area contributed by atoms with Crippen molar-refractivity contribution in [2.45, 2.75) is 52.0 Å². The minimum absolute atomic E-state index is 0.129. The van der Waals surface area contributed by atoms with Crippen molar-refractivity contribution in [2.24, 2.45) is 0 Å². The van der Waals surface area contributed by atoms with Gasteiger partial charge < -0.3 is 10.6 Å². The number of aryl methyl sites for hydroxylation is 2. The zero-order valence-corrected chi connectivity index (χ0v) is 12.7. The van der Waals surface area contributed by atoms with Crippen LogP contribution < -0.4 is 10.6 Å². The van der Waals surface area contributed by atoms with Crippen molar-refractivity contribution in [3.05, 3.63) is 34.9 Å². The van der Waals surface area contributed by atoms with Gasteiger partial charge in [0.1, 0.15) is 0 Å². The fraction of sp³-hybridized carbons (Fsp3) is 0.588. The second kappa shape index (κ2) is 7.44. The maximum atomic E-state index is 12.1. The number of carbonyl (C=O) groups is 1. The number of hydrogen-bond donors (Lipinski definition) is 2. The Hall–Kier alpha value is -1.35. The van der Waals surface area contributed by atoms with Gasteiger partial charge in [0.2, 0.25) is 5.91 Å². The monoisotopic (exact) mass is 274 g/mol. The molecule has 0 aliphatic carbocycles. The van der Waals surface area contributed by atoms with Crippen molar-refractivity contribution < 1.29 is 4.79 Å². The zero-order valence-electron chi connectivity index (χ0n) is 12.7. The highest BCUT2D eigenvalue weighted by Crippen LogP contribution is 2.11. The average molecular weight is 274 g/mol. The minimum atomic E-state index is 0.129. The lowest BCUT2D eigenvalue weighted by Gasteiger charge is -2.16. The Bertz CT molecular complexity index is 448. The molecule has 1 saturated heterocycles. The minimum Gasteiger partial charge on any atom is -0.354 e. The first-order valence-electron chi connectivity index (χ1n) is 7.71. The van der Waals surface area contributed by atoms with E-state index in [2.05, 4.69) is 42.7 Å². The molecule has 1 aliphatic rings. The number of nitrogens with one attached hydrogen (secondary N) is 2. The Balaban J connectivity index is 1.81. The molecule has 1 aliphatic heterocycles. The molecule has 0 saturated carbocycles. The molecule has 1 fully saturated rings. The van der Waals surface area contributed by atoms with Crippen LogP contribution in [-0.2, 0) is 11.2 Å². The molecule has 3 heteroatoms. The van der Waals surface area contributed by atoms with Gasteiger partial charge in [0.15, 0.2) is 0 Å². The third kappa shape index (κ3) is 4.64. The van der Waals surface area contributed by atoms with E-state index in [1.165, 1.54) is 36.8 Å². The fourth-order valence-corrected chi connectivity index (χ4v) is 2.74. The maximum Gasteiger partial charge on any atom is 0.224 e. The van der Waals surface area contributed by atoms with E-state index in [0.717, 1.165) is 18.7 Å². The van der Waals surface area contributed by atoms with Gasteiger partial charge in [-0.1, -0.05) is 36.6 Å². The largest absolute Gasteiger partial charge is 0.354 e. The van der Waals surface area contributed by atoms with E-state index in [9.17, 15) is 4.79 Å². The zero-order chi connectivity index (χ0) is 14.4. The van der Waals surface area contributed by atoms with Crippen LogP contribution in [0.5, 0.6) is 0 Å². The Labute approximate surface area is 122 Å². The first-order valence-corrected chi connectivity index (χ1v) is 7.71. The summed E-state index contributed by atoms with van der Waals surface area (Å²) in [5, 5.41) is 6.58. The summed E-state index contributed by atoms with van der Waals surface area (Å²) in [7, 11) is 0. The fourth-order valence-electron chi connectivity index (χ4n) is 2.74. The molecule has 0 radical (unpaired) electrons. The standard InChI is InChI=1S/C17H26N2O/c1-13-7-8-14(2)15(10-13)11-17(20)19-12-16-6-4-3-5-9-18-16/h7-8,10,16,18H,3-6,9,11-12H2,1-2H3,(H,19,20)/t16-/m1/s1. The number of amides is 1. The summed E-state index contributed by atoms with van der Waals surface area (Å²) in [5.41, 5.74) is 3.54. The van der Waals surface area contributed by atoms with Crippen molar-refractivity contribution in [1.82, 2.24) is 10.6 Å². The molecule has 0 aromatic heterocycles. The molecule has 1 heterocycles. The number of rotatable bonds is 4. The van der Waals surface area contributed by atoms with Crippen molar-refractivity contribution in [3.63, 3.8) is 0 Å². The lowest BCUT2D eigenvalue weighted by molar-refractivity contribution is -0.120. The molecule has 110 valence electrons. The molecule has 1 amide bonds. The first-order chi connectivity index (χ1) is 9.65. The second-order valence-corrected chi connectivity index (χ2v) is 5.91. The SMILES string of the molecule is Cc1ccc(C)c(CC(=O)NC[C@H]2CCCCCN2)c1. The predicted octanol–water partition coefficient (Wildman–Crippen LogP) is 2.49. The Morgan fingerprint density at radius 2 is 2.15 bits per heavy atom. The molecule has 1 atom stereocenters. The van der Waals surface area contributed by atoms with Crippen molar-refractivity contribution in [3.8, 4) is 0 Å². The number of benzene rings is 1. The average Bonchev–Trinajstić information content (AvgIpc) is 2.69. The van der Waals surface area contributed by atoms with Gasteiger partial charge in [-0.25, -0.2) is 0 Å². The lowest BCUT2D eigenvalue weighted by Crippen LogP contribution is -2.40. The van der Waals surface area contributed by atoms with E-state index < -0.39 is 0 Å². The van der Waals surface area contributed by atoms with E-state index in [1.807, 2.05) is 0 Å². The van der Waals surface area contributed by atoms with Gasteiger partial charge in [-0.2, -0.15) is 0 Å². The van der Waals surface area contributed by atoms with Gasteiger partial charge in [-0.15, -0.1) is 0 Å². The van der Waals surface area contributed by atoms with Crippen LogP contribution in [0.2, 0.25) is 0 Å². The van der Waals surface area contributed by atoms with Crippen LogP contribution in [0.1, 0.15) is 42.4 Å². The highest BCUT2D eigenvalue weighted by molar-refractivity contribution is 5.79. The van der Waals surface area contributed by atoms with Gasteiger partial charge in [0.05, 0.1) is 6.42 Å². The van der Waals surface area contributed by atoms with Gasteiger partial charge in [0.25, 0.3) is 0 Å². The van der Waals surface area contributed by atoms with Crippen molar-refractivity contribution in [1.29, 1.82) is 0 Å². The predicted molar refractivity (Wildman–Crippen MR) is 82.9 cm³/mol. The van der Waals surface area contributed by atoms with Gasteiger partial charge in [-0.05, 0) is 44.4 Å².